The number of hydrogen-bond donors (Lipinski definition) is 3. The van der Waals surface area contributed by atoms with Gasteiger partial charge < -0.3 is 15.5 Å². The van der Waals surface area contributed by atoms with Crippen LogP contribution in [0.1, 0.15) is 24.2 Å². The summed E-state index contributed by atoms with van der Waals surface area (Å²) >= 11 is 0. The van der Waals surface area contributed by atoms with Crippen LogP contribution in [0.3, 0.4) is 0 Å². The van der Waals surface area contributed by atoms with Crippen molar-refractivity contribution in [2.45, 2.75) is 19.9 Å². The Morgan fingerprint density at radius 3 is 2.47 bits per heavy atom. The Balaban J connectivity index is 2.83. The quantitative estimate of drug-likeness (QED) is 0.688. The first-order valence-corrected chi connectivity index (χ1v) is 5.18. The van der Waals surface area contributed by atoms with Gasteiger partial charge in [-0.3, -0.25) is 4.79 Å². The van der Waals surface area contributed by atoms with Crippen LogP contribution < -0.4 is 5.32 Å². The van der Waals surface area contributed by atoms with Gasteiger partial charge in [-0.1, -0.05) is 13.8 Å². The standard InChI is InChI=1S/C12H14N2O3/c1-7(2)9(6-13)14-12(17)8-3-4-10(15)11(16)5-8/h3-5,7,9,15-16H,1-2H3,(H,14,17). The maximum absolute atomic E-state index is 11.7. The SMILES string of the molecule is CC(C)C(C#N)NC(=O)c1ccc(O)c(O)c1. The molecule has 1 aromatic rings. The Kier molecular flexibility index (Phi) is 3.94. The van der Waals surface area contributed by atoms with E-state index in [4.69, 9.17) is 10.4 Å². The molecule has 90 valence electrons. The summed E-state index contributed by atoms with van der Waals surface area (Å²) in [6.45, 7) is 3.64. The smallest absolute Gasteiger partial charge is 0.252 e. The molecule has 1 unspecified atom stereocenters. The van der Waals surface area contributed by atoms with Crippen LogP contribution in [-0.4, -0.2) is 22.2 Å². The van der Waals surface area contributed by atoms with Crippen LogP contribution in [0.4, 0.5) is 0 Å². The summed E-state index contributed by atoms with van der Waals surface area (Å²) in [7, 11) is 0. The van der Waals surface area contributed by atoms with E-state index in [0.717, 1.165) is 6.07 Å². The maximum atomic E-state index is 11.7. The molecule has 0 saturated heterocycles. The molecule has 17 heavy (non-hydrogen) atoms. The first-order chi connectivity index (χ1) is 7.95. The average Bonchev–Trinajstić information content (AvgIpc) is 2.28. The summed E-state index contributed by atoms with van der Waals surface area (Å²) < 4.78 is 0. The lowest BCUT2D eigenvalue weighted by Crippen LogP contribution is -2.37. The van der Waals surface area contributed by atoms with Crippen molar-refractivity contribution in [3.8, 4) is 17.6 Å². The molecular weight excluding hydrogens is 220 g/mol. The third kappa shape index (κ3) is 3.11. The highest BCUT2D eigenvalue weighted by molar-refractivity contribution is 5.95. The van der Waals surface area contributed by atoms with Crippen molar-refractivity contribution in [2.75, 3.05) is 0 Å². The summed E-state index contributed by atoms with van der Waals surface area (Å²) in [5, 5.41) is 29.7. The zero-order valence-corrected chi connectivity index (χ0v) is 9.64. The number of carbonyl (C=O) groups excluding carboxylic acids is 1. The van der Waals surface area contributed by atoms with E-state index in [9.17, 15) is 9.90 Å². The van der Waals surface area contributed by atoms with E-state index in [1.54, 1.807) is 0 Å². The highest BCUT2D eigenvalue weighted by Gasteiger charge is 2.17. The van der Waals surface area contributed by atoms with Gasteiger partial charge in [0, 0.05) is 5.56 Å². The van der Waals surface area contributed by atoms with E-state index in [1.165, 1.54) is 12.1 Å². The summed E-state index contributed by atoms with van der Waals surface area (Å²) in [5.41, 5.74) is 0.196. The normalized spacial score (nSPS) is 11.9. The fraction of sp³-hybridized carbons (Fsp3) is 0.333. The van der Waals surface area contributed by atoms with E-state index in [2.05, 4.69) is 5.32 Å². The first kappa shape index (κ1) is 12.8. The van der Waals surface area contributed by atoms with Gasteiger partial charge in [0.25, 0.3) is 5.91 Å². The van der Waals surface area contributed by atoms with Crippen molar-refractivity contribution in [1.29, 1.82) is 5.26 Å². The van der Waals surface area contributed by atoms with Crippen LogP contribution >= 0.6 is 0 Å². The van der Waals surface area contributed by atoms with Crippen LogP contribution in [0.25, 0.3) is 0 Å². The molecule has 1 atom stereocenters. The van der Waals surface area contributed by atoms with E-state index >= 15 is 0 Å². The summed E-state index contributed by atoms with van der Waals surface area (Å²) in [5.74, 6) is -1.12. The second-order valence-corrected chi connectivity index (χ2v) is 4.03. The third-order valence-electron chi connectivity index (χ3n) is 2.33. The van der Waals surface area contributed by atoms with Crippen LogP contribution in [0.15, 0.2) is 18.2 Å². The van der Waals surface area contributed by atoms with Gasteiger partial charge in [0.05, 0.1) is 6.07 Å². The average molecular weight is 234 g/mol. The molecule has 0 fully saturated rings. The molecule has 5 heteroatoms. The molecule has 0 saturated carbocycles. The number of aromatic hydroxyl groups is 2. The van der Waals surface area contributed by atoms with Gasteiger partial charge in [0.2, 0.25) is 0 Å². The lowest BCUT2D eigenvalue weighted by atomic mass is 10.1. The number of phenolic OH excluding ortho intramolecular Hbond substituents is 2. The monoisotopic (exact) mass is 234 g/mol. The molecule has 1 amide bonds. The topological polar surface area (TPSA) is 93.4 Å². The fourth-order valence-electron chi connectivity index (χ4n) is 1.24. The summed E-state index contributed by atoms with van der Waals surface area (Å²) in [6.07, 6.45) is 0. The Labute approximate surface area is 99.3 Å². The van der Waals surface area contributed by atoms with Gasteiger partial charge in [0.1, 0.15) is 6.04 Å². The van der Waals surface area contributed by atoms with E-state index in [0.29, 0.717) is 0 Å². The molecule has 5 nitrogen and oxygen atoms in total. The van der Waals surface area contributed by atoms with Crippen molar-refractivity contribution in [2.24, 2.45) is 5.92 Å². The fourth-order valence-corrected chi connectivity index (χ4v) is 1.24. The lowest BCUT2D eigenvalue weighted by Gasteiger charge is -2.14. The minimum Gasteiger partial charge on any atom is -0.504 e. The molecule has 3 N–H and O–H groups in total. The minimum atomic E-state index is -0.585. The molecule has 0 spiro atoms. The number of nitriles is 1. The number of nitrogens with one attached hydrogen (secondary N) is 1. The summed E-state index contributed by atoms with van der Waals surface area (Å²) in [4.78, 5) is 11.7. The predicted molar refractivity (Wildman–Crippen MR) is 61.5 cm³/mol. The van der Waals surface area contributed by atoms with Crippen LogP contribution in [-0.2, 0) is 0 Å². The molecule has 0 aliphatic carbocycles. The van der Waals surface area contributed by atoms with Crippen molar-refractivity contribution < 1.29 is 15.0 Å². The number of carbonyl (C=O) groups is 1. The highest BCUT2D eigenvalue weighted by atomic mass is 16.3. The van der Waals surface area contributed by atoms with Gasteiger partial charge in [-0.05, 0) is 24.1 Å². The zero-order valence-electron chi connectivity index (χ0n) is 9.64. The van der Waals surface area contributed by atoms with Gasteiger partial charge in [-0.15, -0.1) is 0 Å². The Morgan fingerprint density at radius 2 is 2.00 bits per heavy atom. The lowest BCUT2D eigenvalue weighted by molar-refractivity contribution is 0.0937. The van der Waals surface area contributed by atoms with Gasteiger partial charge in [-0.25, -0.2) is 0 Å². The van der Waals surface area contributed by atoms with Crippen molar-refractivity contribution in [3.63, 3.8) is 0 Å². The molecular formula is C12H14N2O3. The van der Waals surface area contributed by atoms with Crippen LogP contribution in [0.2, 0.25) is 0 Å². The van der Waals surface area contributed by atoms with Crippen molar-refractivity contribution in [3.05, 3.63) is 23.8 Å². The molecule has 0 aromatic heterocycles. The number of nitrogens with zero attached hydrogens (tertiary/aromatic N) is 1. The molecule has 0 bridgehead atoms. The number of amides is 1. The largest absolute Gasteiger partial charge is 0.504 e. The van der Waals surface area contributed by atoms with Gasteiger partial charge in [-0.2, -0.15) is 5.26 Å². The Bertz CT molecular complexity index is 463. The van der Waals surface area contributed by atoms with Crippen molar-refractivity contribution >= 4 is 5.91 Å². The second-order valence-electron chi connectivity index (χ2n) is 4.03. The van der Waals surface area contributed by atoms with Gasteiger partial charge in [0.15, 0.2) is 11.5 Å². The number of hydrogen-bond acceptors (Lipinski definition) is 4. The Morgan fingerprint density at radius 1 is 1.35 bits per heavy atom. The molecule has 1 aromatic carbocycles. The molecule has 0 heterocycles. The van der Waals surface area contributed by atoms with Crippen LogP contribution in [0.5, 0.6) is 11.5 Å². The van der Waals surface area contributed by atoms with Crippen LogP contribution in [0, 0.1) is 17.2 Å². The Hall–Kier alpha value is -2.22. The molecule has 0 aliphatic heterocycles. The van der Waals surface area contributed by atoms with E-state index < -0.39 is 11.9 Å². The number of phenols is 2. The minimum absolute atomic E-state index is 0.00494. The highest BCUT2D eigenvalue weighted by Crippen LogP contribution is 2.24. The number of rotatable bonds is 3. The predicted octanol–water partition coefficient (Wildman–Crippen LogP) is 1.38. The number of benzene rings is 1. The maximum Gasteiger partial charge on any atom is 0.252 e. The first-order valence-electron chi connectivity index (χ1n) is 5.18. The molecule has 1 rings (SSSR count). The zero-order chi connectivity index (χ0) is 13.0. The molecule has 0 radical (unpaired) electrons. The second kappa shape index (κ2) is 5.21. The molecule has 0 aliphatic rings. The summed E-state index contributed by atoms with van der Waals surface area (Å²) in [6, 6.07) is 5.15. The van der Waals surface area contributed by atoms with E-state index in [-0.39, 0.29) is 23.0 Å². The van der Waals surface area contributed by atoms with Crippen molar-refractivity contribution in [1.82, 2.24) is 5.32 Å². The third-order valence-corrected chi connectivity index (χ3v) is 2.33. The van der Waals surface area contributed by atoms with Gasteiger partial charge >= 0.3 is 0 Å². The van der Waals surface area contributed by atoms with E-state index in [1.807, 2.05) is 19.9 Å².